The molecule has 3 nitrogen and oxygen atoms in total. The van der Waals surface area contributed by atoms with E-state index in [-0.39, 0.29) is 0 Å². The van der Waals surface area contributed by atoms with E-state index >= 15 is 0 Å². The molecule has 0 unspecified atom stereocenters. The van der Waals surface area contributed by atoms with Crippen LogP contribution in [0.3, 0.4) is 0 Å². The molecule has 0 aliphatic carbocycles. The SMILES string of the molecule is CC1=C(c2ccc3ccccc3c2)N=C(c2cc(-n3c4ccccc4c4cc5ccccc5cc43)cc3oc4ccccc4c23)CC=C1c1ccc(-c2ccccc2)cc1. The van der Waals surface area contributed by atoms with Crippen LogP contribution in [0.1, 0.15) is 30.0 Å². The van der Waals surface area contributed by atoms with Crippen molar-refractivity contribution in [3.63, 3.8) is 0 Å². The highest BCUT2D eigenvalue weighted by atomic mass is 16.3. The molecule has 282 valence electrons. The molecule has 0 radical (unpaired) electrons. The van der Waals surface area contributed by atoms with Crippen molar-refractivity contribution in [1.29, 1.82) is 0 Å². The minimum Gasteiger partial charge on any atom is -0.456 e. The molecule has 0 amide bonds. The number of para-hydroxylation sites is 2. The van der Waals surface area contributed by atoms with Crippen LogP contribution in [0.4, 0.5) is 0 Å². The molecule has 3 heterocycles. The van der Waals surface area contributed by atoms with Crippen molar-refractivity contribution in [3.8, 4) is 16.8 Å². The van der Waals surface area contributed by atoms with E-state index in [0.29, 0.717) is 6.42 Å². The van der Waals surface area contributed by atoms with Crippen molar-refractivity contribution >= 4 is 82.3 Å². The van der Waals surface area contributed by atoms with E-state index in [2.05, 4.69) is 212 Å². The number of nitrogens with zero attached hydrogens (tertiary/aromatic N) is 2. The van der Waals surface area contributed by atoms with Crippen LogP contribution in [-0.4, -0.2) is 10.3 Å². The average Bonchev–Trinajstić information content (AvgIpc) is 3.78. The second-order valence-corrected chi connectivity index (χ2v) is 15.9. The van der Waals surface area contributed by atoms with Gasteiger partial charge in [0.05, 0.1) is 28.1 Å². The summed E-state index contributed by atoms with van der Waals surface area (Å²) >= 11 is 0. The molecule has 12 rings (SSSR count). The first kappa shape index (κ1) is 34.3. The smallest absolute Gasteiger partial charge is 0.138 e. The summed E-state index contributed by atoms with van der Waals surface area (Å²) in [6.45, 7) is 2.23. The Morgan fingerprint density at radius 1 is 0.467 bits per heavy atom. The van der Waals surface area contributed by atoms with Crippen molar-refractivity contribution < 1.29 is 4.42 Å². The van der Waals surface area contributed by atoms with Gasteiger partial charge in [0.15, 0.2) is 0 Å². The zero-order valence-corrected chi connectivity index (χ0v) is 33.1. The molecule has 0 N–H and O–H groups in total. The number of hydrogen-bond donors (Lipinski definition) is 0. The summed E-state index contributed by atoms with van der Waals surface area (Å²) in [6, 6.07) is 69.9. The number of hydrogen-bond acceptors (Lipinski definition) is 2. The molecule has 0 bridgehead atoms. The topological polar surface area (TPSA) is 30.4 Å². The summed E-state index contributed by atoms with van der Waals surface area (Å²) in [4.78, 5) is 5.76. The zero-order valence-electron chi connectivity index (χ0n) is 33.1. The summed E-state index contributed by atoms with van der Waals surface area (Å²) in [5, 5.41) is 9.46. The molecule has 0 spiro atoms. The van der Waals surface area contributed by atoms with Gasteiger partial charge in [0.25, 0.3) is 0 Å². The highest BCUT2D eigenvalue weighted by Gasteiger charge is 2.23. The minimum atomic E-state index is 0.639. The van der Waals surface area contributed by atoms with Gasteiger partial charge in [0.1, 0.15) is 11.2 Å². The van der Waals surface area contributed by atoms with Crippen molar-refractivity contribution in [2.45, 2.75) is 13.3 Å². The first-order valence-corrected chi connectivity index (χ1v) is 20.7. The van der Waals surface area contributed by atoms with Crippen LogP contribution < -0.4 is 0 Å². The molecule has 1 aliphatic rings. The number of aliphatic imine (C=N–C) groups is 1. The molecular formula is C57H38N2O. The maximum absolute atomic E-state index is 6.77. The van der Waals surface area contributed by atoms with E-state index in [0.717, 1.165) is 66.8 Å². The summed E-state index contributed by atoms with van der Waals surface area (Å²) in [6.07, 6.45) is 3.02. The quantitative estimate of drug-likeness (QED) is 0.172. The molecule has 0 saturated heterocycles. The van der Waals surface area contributed by atoms with Crippen LogP contribution in [0, 0.1) is 0 Å². The van der Waals surface area contributed by atoms with Crippen LogP contribution in [0.25, 0.3) is 93.4 Å². The monoisotopic (exact) mass is 766 g/mol. The van der Waals surface area contributed by atoms with Crippen LogP contribution in [0.5, 0.6) is 0 Å². The van der Waals surface area contributed by atoms with Crippen molar-refractivity contribution in [2.75, 3.05) is 0 Å². The van der Waals surface area contributed by atoms with Gasteiger partial charge >= 0.3 is 0 Å². The highest BCUT2D eigenvalue weighted by Crippen LogP contribution is 2.41. The summed E-state index contributed by atoms with van der Waals surface area (Å²) < 4.78 is 9.18. The van der Waals surface area contributed by atoms with Crippen LogP contribution >= 0.6 is 0 Å². The lowest BCUT2D eigenvalue weighted by Gasteiger charge is -2.14. The molecular weight excluding hydrogens is 729 g/mol. The van der Waals surface area contributed by atoms with Gasteiger partial charge in [-0.05, 0) is 92.7 Å². The lowest BCUT2D eigenvalue weighted by atomic mass is 9.92. The second-order valence-electron chi connectivity index (χ2n) is 15.9. The highest BCUT2D eigenvalue weighted by molar-refractivity contribution is 6.22. The Morgan fingerprint density at radius 2 is 1.10 bits per heavy atom. The van der Waals surface area contributed by atoms with Crippen molar-refractivity contribution in [1.82, 2.24) is 4.57 Å². The standard InChI is InChI=1S/C57H38N2O/c1-36-46(40-26-23-39(24-27-40)37-13-3-2-4-14-37)29-30-51(58-57(36)44-28-25-38-15-5-6-16-41(38)31-44)50-34-45(35-55-56(50)48-20-10-12-22-54(48)60-55)59-52-21-11-9-19-47(52)49-32-42-17-7-8-18-43(42)33-53(49)59/h2-29,31-35H,30H2,1H3. The van der Waals surface area contributed by atoms with E-state index in [1.54, 1.807) is 0 Å². The molecule has 0 fully saturated rings. The fourth-order valence-corrected chi connectivity index (χ4v) is 9.47. The maximum Gasteiger partial charge on any atom is 0.138 e. The molecule has 9 aromatic carbocycles. The van der Waals surface area contributed by atoms with Crippen LogP contribution in [0.2, 0.25) is 0 Å². The van der Waals surface area contributed by atoms with E-state index in [4.69, 9.17) is 9.41 Å². The first-order chi connectivity index (χ1) is 29.6. The van der Waals surface area contributed by atoms with Gasteiger partial charge in [0.2, 0.25) is 0 Å². The lowest BCUT2D eigenvalue weighted by molar-refractivity contribution is 0.668. The van der Waals surface area contributed by atoms with E-state index < -0.39 is 0 Å². The molecule has 0 atom stereocenters. The number of benzene rings is 9. The number of rotatable bonds is 5. The van der Waals surface area contributed by atoms with Gasteiger partial charge in [0, 0.05) is 45.2 Å². The predicted octanol–water partition coefficient (Wildman–Crippen LogP) is 15.4. The summed E-state index contributed by atoms with van der Waals surface area (Å²) in [7, 11) is 0. The summed E-state index contributed by atoms with van der Waals surface area (Å²) in [5.41, 5.74) is 15.1. The van der Waals surface area contributed by atoms with Gasteiger partial charge in [-0.1, -0.05) is 158 Å². The van der Waals surface area contributed by atoms with Gasteiger partial charge in [-0.25, -0.2) is 0 Å². The third kappa shape index (κ3) is 5.55. The number of allylic oxidation sites excluding steroid dienone is 3. The third-order valence-electron chi connectivity index (χ3n) is 12.4. The molecule has 60 heavy (non-hydrogen) atoms. The first-order valence-electron chi connectivity index (χ1n) is 20.7. The Morgan fingerprint density at radius 3 is 1.92 bits per heavy atom. The molecule has 2 aromatic heterocycles. The summed E-state index contributed by atoms with van der Waals surface area (Å²) in [5.74, 6) is 0. The van der Waals surface area contributed by atoms with Crippen molar-refractivity contribution in [2.24, 2.45) is 4.99 Å². The van der Waals surface area contributed by atoms with Gasteiger partial charge in [-0.15, -0.1) is 0 Å². The van der Waals surface area contributed by atoms with Crippen LogP contribution in [0.15, 0.2) is 215 Å². The molecule has 3 heteroatoms. The Labute approximate surface area is 347 Å². The molecule has 0 saturated carbocycles. The Kier molecular flexibility index (Phi) is 7.82. The fraction of sp³-hybridized carbons (Fsp3) is 0.0351. The van der Waals surface area contributed by atoms with Gasteiger partial charge < -0.3 is 8.98 Å². The fourth-order valence-electron chi connectivity index (χ4n) is 9.47. The average molecular weight is 767 g/mol. The zero-order chi connectivity index (χ0) is 39.7. The van der Waals surface area contributed by atoms with Crippen molar-refractivity contribution in [3.05, 3.63) is 222 Å². The van der Waals surface area contributed by atoms with Crippen LogP contribution in [-0.2, 0) is 0 Å². The lowest BCUT2D eigenvalue weighted by Crippen LogP contribution is -2.04. The van der Waals surface area contributed by atoms with Gasteiger partial charge in [-0.3, -0.25) is 4.99 Å². The number of aromatic nitrogens is 1. The van der Waals surface area contributed by atoms with E-state index in [1.807, 2.05) is 0 Å². The van der Waals surface area contributed by atoms with E-state index in [1.165, 1.54) is 54.6 Å². The number of fused-ring (bicyclic) bond motifs is 8. The Hall–Kier alpha value is -7.75. The predicted molar refractivity (Wildman–Crippen MR) is 253 cm³/mol. The minimum absolute atomic E-state index is 0.639. The maximum atomic E-state index is 6.77. The second kappa shape index (κ2) is 13.7. The van der Waals surface area contributed by atoms with E-state index in [9.17, 15) is 0 Å². The number of furan rings is 1. The Bertz CT molecular complexity index is 3610. The molecule has 1 aliphatic heterocycles. The van der Waals surface area contributed by atoms with Gasteiger partial charge in [-0.2, -0.15) is 0 Å². The largest absolute Gasteiger partial charge is 0.456 e. The third-order valence-corrected chi connectivity index (χ3v) is 12.4. The molecule has 11 aromatic rings. The Balaban J connectivity index is 1.11. The normalized spacial score (nSPS) is 13.5.